The van der Waals surface area contributed by atoms with Crippen molar-refractivity contribution >= 4 is 5.78 Å². The maximum atomic E-state index is 12.3. The topological polar surface area (TPSA) is 46.5 Å². The SMILES string of the molecule is CC1(O)CCC2C(C=CC3(C)OCCC(=O)C23)C1. The van der Waals surface area contributed by atoms with Gasteiger partial charge < -0.3 is 9.84 Å². The Bertz CT molecular complexity index is 399. The van der Waals surface area contributed by atoms with E-state index < -0.39 is 11.2 Å². The van der Waals surface area contributed by atoms with Crippen molar-refractivity contribution in [3.63, 3.8) is 0 Å². The van der Waals surface area contributed by atoms with E-state index in [2.05, 4.69) is 12.2 Å². The summed E-state index contributed by atoms with van der Waals surface area (Å²) in [6.07, 6.45) is 7.28. The van der Waals surface area contributed by atoms with Gasteiger partial charge in [-0.25, -0.2) is 0 Å². The largest absolute Gasteiger partial charge is 0.390 e. The van der Waals surface area contributed by atoms with Gasteiger partial charge in [0.05, 0.1) is 23.7 Å². The third kappa shape index (κ3) is 1.84. The molecular weight excluding hydrogens is 228 g/mol. The van der Waals surface area contributed by atoms with E-state index in [1.165, 1.54) is 0 Å². The summed E-state index contributed by atoms with van der Waals surface area (Å²) >= 11 is 0. The first kappa shape index (κ1) is 12.4. The lowest BCUT2D eigenvalue weighted by Crippen LogP contribution is -2.55. The Labute approximate surface area is 108 Å². The number of carbonyl (C=O) groups is 1. The molecule has 0 amide bonds. The molecule has 3 aliphatic rings. The zero-order chi connectivity index (χ0) is 13.0. The highest BCUT2D eigenvalue weighted by Crippen LogP contribution is 2.50. The Balaban J connectivity index is 1.93. The maximum Gasteiger partial charge on any atom is 0.141 e. The second-order valence-electron chi connectivity index (χ2n) is 6.65. The first-order valence-electron chi connectivity index (χ1n) is 7.00. The van der Waals surface area contributed by atoms with Gasteiger partial charge in [-0.1, -0.05) is 12.2 Å². The highest BCUT2D eigenvalue weighted by molar-refractivity contribution is 5.84. The molecule has 18 heavy (non-hydrogen) atoms. The Hall–Kier alpha value is -0.670. The van der Waals surface area contributed by atoms with E-state index in [-0.39, 0.29) is 5.92 Å². The van der Waals surface area contributed by atoms with Gasteiger partial charge in [0.25, 0.3) is 0 Å². The van der Waals surface area contributed by atoms with Crippen molar-refractivity contribution in [1.82, 2.24) is 0 Å². The highest BCUT2D eigenvalue weighted by Gasteiger charge is 2.52. The van der Waals surface area contributed by atoms with Gasteiger partial charge in [-0.2, -0.15) is 0 Å². The van der Waals surface area contributed by atoms with Crippen LogP contribution in [0.15, 0.2) is 12.2 Å². The van der Waals surface area contributed by atoms with Gasteiger partial charge in [-0.3, -0.25) is 4.79 Å². The van der Waals surface area contributed by atoms with Crippen molar-refractivity contribution in [3.8, 4) is 0 Å². The highest BCUT2D eigenvalue weighted by atomic mass is 16.5. The predicted octanol–water partition coefficient (Wildman–Crippen LogP) is 2.09. The average molecular weight is 250 g/mol. The summed E-state index contributed by atoms with van der Waals surface area (Å²) in [5.74, 6) is 1.03. The van der Waals surface area contributed by atoms with Crippen LogP contribution in [-0.2, 0) is 9.53 Å². The molecule has 5 atom stereocenters. The summed E-state index contributed by atoms with van der Waals surface area (Å²) in [4.78, 5) is 12.3. The molecule has 3 rings (SSSR count). The summed E-state index contributed by atoms with van der Waals surface area (Å²) in [7, 11) is 0. The van der Waals surface area contributed by atoms with E-state index >= 15 is 0 Å². The van der Waals surface area contributed by atoms with Crippen LogP contribution in [-0.4, -0.2) is 28.7 Å². The molecule has 1 heterocycles. The van der Waals surface area contributed by atoms with Crippen LogP contribution in [0.3, 0.4) is 0 Å². The lowest BCUT2D eigenvalue weighted by molar-refractivity contribution is -0.158. The lowest BCUT2D eigenvalue weighted by atomic mass is 9.59. The molecule has 0 radical (unpaired) electrons. The van der Waals surface area contributed by atoms with Crippen molar-refractivity contribution in [3.05, 3.63) is 12.2 Å². The van der Waals surface area contributed by atoms with Crippen LogP contribution in [0.5, 0.6) is 0 Å². The molecule has 3 heteroatoms. The number of ketones is 1. The minimum Gasteiger partial charge on any atom is -0.390 e. The quantitative estimate of drug-likeness (QED) is 0.670. The first-order chi connectivity index (χ1) is 8.41. The number of allylic oxidation sites excluding steroid dienone is 1. The molecule has 1 aliphatic heterocycles. The summed E-state index contributed by atoms with van der Waals surface area (Å²) in [5, 5.41) is 10.2. The zero-order valence-electron chi connectivity index (χ0n) is 11.2. The molecule has 1 saturated carbocycles. The maximum absolute atomic E-state index is 12.3. The third-order valence-corrected chi connectivity index (χ3v) is 5.07. The van der Waals surface area contributed by atoms with Gasteiger partial charge in [0.2, 0.25) is 0 Å². The fourth-order valence-corrected chi connectivity index (χ4v) is 4.14. The molecule has 0 aromatic carbocycles. The fourth-order valence-electron chi connectivity index (χ4n) is 4.14. The molecule has 3 nitrogen and oxygen atoms in total. The van der Waals surface area contributed by atoms with Gasteiger partial charge >= 0.3 is 0 Å². The van der Waals surface area contributed by atoms with Gasteiger partial charge in [0.15, 0.2) is 0 Å². The van der Waals surface area contributed by atoms with Gasteiger partial charge in [0, 0.05) is 6.42 Å². The molecule has 5 unspecified atom stereocenters. The van der Waals surface area contributed by atoms with Crippen LogP contribution < -0.4 is 0 Å². The van der Waals surface area contributed by atoms with Crippen LogP contribution in [0, 0.1) is 17.8 Å². The second kappa shape index (κ2) is 3.91. The molecule has 2 fully saturated rings. The van der Waals surface area contributed by atoms with Crippen molar-refractivity contribution in [2.45, 2.75) is 50.7 Å². The van der Waals surface area contributed by atoms with Gasteiger partial charge in [-0.05, 0) is 44.9 Å². The minimum atomic E-state index is -0.572. The van der Waals surface area contributed by atoms with Gasteiger partial charge in [0.1, 0.15) is 5.78 Å². The van der Waals surface area contributed by atoms with Crippen LogP contribution in [0.1, 0.15) is 39.5 Å². The number of aliphatic hydroxyl groups is 1. The molecule has 100 valence electrons. The summed E-state index contributed by atoms with van der Waals surface area (Å²) < 4.78 is 5.87. The van der Waals surface area contributed by atoms with Crippen LogP contribution in [0.25, 0.3) is 0 Å². The lowest BCUT2D eigenvalue weighted by Gasteiger charge is -2.51. The number of fused-ring (bicyclic) bond motifs is 3. The smallest absolute Gasteiger partial charge is 0.141 e. The number of carbonyl (C=O) groups excluding carboxylic acids is 1. The molecule has 2 aliphatic carbocycles. The monoisotopic (exact) mass is 250 g/mol. The van der Waals surface area contributed by atoms with Gasteiger partial charge in [-0.15, -0.1) is 0 Å². The van der Waals surface area contributed by atoms with E-state index in [4.69, 9.17) is 4.74 Å². The zero-order valence-corrected chi connectivity index (χ0v) is 11.2. The van der Waals surface area contributed by atoms with Crippen LogP contribution >= 0.6 is 0 Å². The second-order valence-corrected chi connectivity index (χ2v) is 6.65. The summed E-state index contributed by atoms with van der Waals surface area (Å²) in [5.41, 5.74) is -0.975. The van der Waals surface area contributed by atoms with E-state index in [1.807, 2.05) is 13.8 Å². The average Bonchev–Trinajstić information content (AvgIpc) is 2.28. The molecule has 1 N–H and O–H groups in total. The first-order valence-corrected chi connectivity index (χ1v) is 7.00. The van der Waals surface area contributed by atoms with Crippen molar-refractivity contribution in [1.29, 1.82) is 0 Å². The summed E-state index contributed by atoms with van der Waals surface area (Å²) in [6.45, 7) is 4.49. The number of hydrogen-bond acceptors (Lipinski definition) is 3. The molecule has 0 bridgehead atoms. The Morgan fingerprint density at radius 3 is 3.00 bits per heavy atom. The minimum absolute atomic E-state index is 0.00245. The standard InChI is InChI=1S/C15H22O3/c1-14(17)6-4-11-10(9-14)3-7-15(2)13(11)12(16)5-8-18-15/h3,7,10-11,13,17H,4-6,8-9H2,1-2H3. The molecule has 0 spiro atoms. The number of rotatable bonds is 0. The predicted molar refractivity (Wildman–Crippen MR) is 68.1 cm³/mol. The summed E-state index contributed by atoms with van der Waals surface area (Å²) in [6, 6.07) is 0. The normalized spacial score (nSPS) is 51.7. The van der Waals surface area contributed by atoms with Crippen molar-refractivity contribution in [2.75, 3.05) is 6.61 Å². The fraction of sp³-hybridized carbons (Fsp3) is 0.800. The molecule has 1 saturated heterocycles. The molecule has 0 aromatic heterocycles. The van der Waals surface area contributed by atoms with E-state index in [0.29, 0.717) is 30.6 Å². The Morgan fingerprint density at radius 2 is 2.22 bits per heavy atom. The number of ether oxygens (including phenoxy) is 1. The van der Waals surface area contributed by atoms with E-state index in [1.54, 1.807) is 0 Å². The molecule has 0 aromatic rings. The van der Waals surface area contributed by atoms with E-state index in [9.17, 15) is 9.90 Å². The third-order valence-electron chi connectivity index (χ3n) is 5.07. The van der Waals surface area contributed by atoms with Crippen molar-refractivity contribution in [2.24, 2.45) is 17.8 Å². The Kier molecular flexibility index (Phi) is 2.69. The van der Waals surface area contributed by atoms with Crippen molar-refractivity contribution < 1.29 is 14.6 Å². The van der Waals surface area contributed by atoms with Crippen LogP contribution in [0.2, 0.25) is 0 Å². The number of hydrogen-bond donors (Lipinski definition) is 1. The number of Topliss-reactive ketones (excluding diaryl/α,β-unsaturated/α-hetero) is 1. The van der Waals surface area contributed by atoms with E-state index in [0.717, 1.165) is 19.3 Å². The van der Waals surface area contributed by atoms with Crippen LogP contribution in [0.4, 0.5) is 0 Å². The molecular formula is C15H22O3. The Morgan fingerprint density at radius 1 is 1.44 bits per heavy atom.